The summed E-state index contributed by atoms with van der Waals surface area (Å²) in [5.74, 6) is 0.574. The third kappa shape index (κ3) is 8.27. The van der Waals surface area contributed by atoms with Gasteiger partial charge in [0, 0.05) is 12.2 Å². The molecule has 0 radical (unpaired) electrons. The molecule has 0 amide bonds. The van der Waals surface area contributed by atoms with Crippen LogP contribution in [0.15, 0.2) is 57.5 Å². The molecule has 1 aliphatic rings. The molecule has 1 aromatic carbocycles. The highest BCUT2D eigenvalue weighted by atomic mass is 32.2. The van der Waals surface area contributed by atoms with Crippen LogP contribution in [0, 0.1) is 0 Å². The molecule has 3 rings (SSSR count). The molecule has 0 unspecified atom stereocenters. The first kappa shape index (κ1) is 25.4. The first-order chi connectivity index (χ1) is 16.2. The third-order valence-electron chi connectivity index (χ3n) is 5.41. The first-order valence-electron chi connectivity index (χ1n) is 11.9. The average Bonchev–Trinajstić information content (AvgIpc) is 3.29. The van der Waals surface area contributed by atoms with E-state index in [1.807, 2.05) is 30.3 Å². The van der Waals surface area contributed by atoms with Crippen molar-refractivity contribution < 1.29 is 9.59 Å². The third-order valence-corrected chi connectivity index (χ3v) is 7.51. The summed E-state index contributed by atoms with van der Waals surface area (Å²) in [7, 11) is 0. The second kappa shape index (κ2) is 14.2. The number of thioether (sulfide) groups is 2. The number of unbranched alkanes of at least 4 members (excludes halogenated alkanes) is 9. The Labute approximate surface area is 204 Å². The van der Waals surface area contributed by atoms with Gasteiger partial charge in [0.2, 0.25) is 5.16 Å². The van der Waals surface area contributed by atoms with Crippen LogP contribution >= 0.6 is 23.5 Å². The molecule has 6 nitrogen and oxygen atoms in total. The Bertz CT molecular complexity index is 970. The van der Waals surface area contributed by atoms with Crippen LogP contribution in [-0.4, -0.2) is 37.5 Å². The van der Waals surface area contributed by atoms with Crippen LogP contribution in [0.1, 0.15) is 71.1 Å². The van der Waals surface area contributed by atoms with Crippen LogP contribution in [0.4, 0.5) is 0 Å². The van der Waals surface area contributed by atoms with Gasteiger partial charge in [0.15, 0.2) is 11.6 Å². The van der Waals surface area contributed by atoms with E-state index in [4.69, 9.17) is 0 Å². The van der Waals surface area contributed by atoms with Crippen LogP contribution in [0.5, 0.6) is 0 Å². The van der Waals surface area contributed by atoms with E-state index in [-0.39, 0.29) is 11.6 Å². The van der Waals surface area contributed by atoms with Crippen LogP contribution in [0.3, 0.4) is 0 Å². The number of aromatic nitrogens is 4. The Kier molecular flexibility index (Phi) is 10.9. The van der Waals surface area contributed by atoms with Crippen LogP contribution in [0.2, 0.25) is 0 Å². The predicted molar refractivity (Wildman–Crippen MR) is 135 cm³/mol. The van der Waals surface area contributed by atoms with Gasteiger partial charge in [-0.25, -0.2) is 0 Å². The topological polar surface area (TPSA) is 77.7 Å². The Morgan fingerprint density at radius 1 is 0.788 bits per heavy atom. The summed E-state index contributed by atoms with van der Waals surface area (Å²) < 4.78 is 1.56. The molecule has 1 aromatic heterocycles. The summed E-state index contributed by atoms with van der Waals surface area (Å²) in [4.78, 5) is 26.0. The molecule has 8 heteroatoms. The molecule has 2 aromatic rings. The fourth-order valence-electron chi connectivity index (χ4n) is 3.56. The predicted octanol–water partition coefficient (Wildman–Crippen LogP) is 6.33. The van der Waals surface area contributed by atoms with Crippen molar-refractivity contribution in [3.63, 3.8) is 0 Å². The summed E-state index contributed by atoms with van der Waals surface area (Å²) in [5.41, 5.74) is 0.795. The zero-order valence-corrected chi connectivity index (χ0v) is 20.9. The quantitative estimate of drug-likeness (QED) is 0.216. The Morgan fingerprint density at radius 2 is 1.39 bits per heavy atom. The van der Waals surface area contributed by atoms with Gasteiger partial charge in [0.05, 0.1) is 15.5 Å². The number of ketones is 2. The summed E-state index contributed by atoms with van der Waals surface area (Å²) in [5, 5.41) is 12.2. The SMILES string of the molecule is CCCCCCCCCCCCSC1=CC(=O)C(Sc2nnnn2-c2ccccc2)=CC1=O. The van der Waals surface area contributed by atoms with Crippen molar-refractivity contribution in [1.82, 2.24) is 20.2 Å². The number of carbonyl (C=O) groups excluding carboxylic acids is 2. The molecular weight excluding hydrogens is 452 g/mol. The van der Waals surface area contributed by atoms with Gasteiger partial charge in [-0.05, 0) is 46.5 Å². The Morgan fingerprint density at radius 3 is 2.09 bits per heavy atom. The summed E-state index contributed by atoms with van der Waals surface area (Å²) in [6.45, 7) is 2.25. The molecular formula is C25H32N4O2S2. The van der Waals surface area contributed by atoms with Crippen molar-refractivity contribution in [3.8, 4) is 5.69 Å². The number of rotatable bonds is 15. The fraction of sp³-hybridized carbons (Fsp3) is 0.480. The maximum absolute atomic E-state index is 12.6. The lowest BCUT2D eigenvalue weighted by Crippen LogP contribution is -2.11. The van der Waals surface area contributed by atoms with Crippen LogP contribution < -0.4 is 0 Å². The molecule has 33 heavy (non-hydrogen) atoms. The molecule has 0 aliphatic heterocycles. The van der Waals surface area contributed by atoms with Crippen molar-refractivity contribution in [1.29, 1.82) is 0 Å². The number of benzene rings is 1. The van der Waals surface area contributed by atoms with E-state index in [9.17, 15) is 9.59 Å². The lowest BCUT2D eigenvalue weighted by molar-refractivity contribution is -0.114. The Balaban J connectivity index is 1.39. The standard InChI is InChI=1S/C25H32N4O2S2/c1-2-3-4-5-6-7-8-9-10-14-17-32-23-18-22(31)24(19-21(23)30)33-25-26-27-28-29(25)20-15-12-11-13-16-20/h11-13,15-16,18-19H,2-10,14,17H2,1H3. The van der Waals surface area contributed by atoms with Crippen LogP contribution in [-0.2, 0) is 9.59 Å². The molecule has 0 N–H and O–H groups in total. The number of tetrazole rings is 1. The number of allylic oxidation sites excluding steroid dienone is 4. The van der Waals surface area contributed by atoms with Gasteiger partial charge >= 0.3 is 0 Å². The number of nitrogens with zero attached hydrogens (tertiary/aromatic N) is 4. The minimum absolute atomic E-state index is 0.118. The highest BCUT2D eigenvalue weighted by Gasteiger charge is 2.23. The van der Waals surface area contributed by atoms with Crippen LogP contribution in [0.25, 0.3) is 5.69 Å². The van der Waals surface area contributed by atoms with Gasteiger partial charge in [-0.2, -0.15) is 4.68 Å². The summed E-state index contributed by atoms with van der Waals surface area (Å²) >= 11 is 2.60. The van der Waals surface area contributed by atoms with E-state index in [1.165, 1.54) is 81.7 Å². The van der Waals surface area contributed by atoms with Gasteiger partial charge in [-0.1, -0.05) is 82.9 Å². The van der Waals surface area contributed by atoms with Gasteiger partial charge in [-0.3, -0.25) is 9.59 Å². The van der Waals surface area contributed by atoms with Gasteiger partial charge in [-0.15, -0.1) is 16.9 Å². The molecule has 0 saturated heterocycles. The van der Waals surface area contributed by atoms with Gasteiger partial charge in [0.1, 0.15) is 0 Å². The summed E-state index contributed by atoms with van der Waals surface area (Å²) in [6, 6.07) is 9.45. The van der Waals surface area contributed by atoms with E-state index in [1.54, 1.807) is 4.68 Å². The molecule has 176 valence electrons. The van der Waals surface area contributed by atoms with Crippen molar-refractivity contribution in [2.75, 3.05) is 5.75 Å². The second-order valence-electron chi connectivity index (χ2n) is 8.09. The first-order valence-corrected chi connectivity index (χ1v) is 13.7. The number of hydrogen-bond acceptors (Lipinski definition) is 7. The second-order valence-corrected chi connectivity index (χ2v) is 10.2. The van der Waals surface area contributed by atoms with E-state index in [2.05, 4.69) is 22.4 Å². The van der Waals surface area contributed by atoms with E-state index >= 15 is 0 Å². The molecule has 0 fully saturated rings. The highest BCUT2D eigenvalue weighted by molar-refractivity contribution is 8.04. The van der Waals surface area contributed by atoms with Gasteiger partial charge in [0.25, 0.3) is 0 Å². The van der Waals surface area contributed by atoms with E-state index < -0.39 is 0 Å². The fourth-order valence-corrected chi connectivity index (χ4v) is 5.35. The van der Waals surface area contributed by atoms with E-state index in [0.29, 0.717) is 15.0 Å². The van der Waals surface area contributed by atoms with Crippen molar-refractivity contribution >= 4 is 35.1 Å². The lowest BCUT2D eigenvalue weighted by atomic mass is 10.1. The molecule has 0 atom stereocenters. The van der Waals surface area contributed by atoms with Crippen molar-refractivity contribution in [3.05, 3.63) is 52.3 Å². The van der Waals surface area contributed by atoms with E-state index in [0.717, 1.165) is 29.6 Å². The molecule has 0 spiro atoms. The minimum atomic E-state index is -0.173. The summed E-state index contributed by atoms with van der Waals surface area (Å²) in [6.07, 6.45) is 15.7. The highest BCUT2D eigenvalue weighted by Crippen LogP contribution is 2.32. The molecule has 0 bridgehead atoms. The zero-order valence-electron chi connectivity index (χ0n) is 19.2. The number of para-hydroxylation sites is 1. The monoisotopic (exact) mass is 484 g/mol. The maximum Gasteiger partial charge on any atom is 0.219 e. The number of hydrogen-bond donors (Lipinski definition) is 0. The molecule has 1 heterocycles. The maximum atomic E-state index is 12.6. The minimum Gasteiger partial charge on any atom is -0.289 e. The zero-order chi connectivity index (χ0) is 23.3. The Hall–Kier alpha value is -2.19. The smallest absolute Gasteiger partial charge is 0.219 e. The number of carbonyl (C=O) groups is 2. The van der Waals surface area contributed by atoms with Crippen molar-refractivity contribution in [2.24, 2.45) is 0 Å². The van der Waals surface area contributed by atoms with Gasteiger partial charge < -0.3 is 0 Å². The van der Waals surface area contributed by atoms with Crippen molar-refractivity contribution in [2.45, 2.75) is 76.3 Å². The molecule has 0 saturated carbocycles. The lowest BCUT2D eigenvalue weighted by Gasteiger charge is -2.11. The average molecular weight is 485 g/mol. The largest absolute Gasteiger partial charge is 0.289 e. The molecule has 1 aliphatic carbocycles. The normalized spacial score (nSPS) is 13.8.